The third-order valence-corrected chi connectivity index (χ3v) is 1.55. The number of rotatable bonds is 2. The fourth-order valence-corrected chi connectivity index (χ4v) is 0.977. The van der Waals surface area contributed by atoms with E-state index in [9.17, 15) is 9.00 Å². The molecule has 0 atom stereocenters. The van der Waals surface area contributed by atoms with E-state index < -0.39 is 15.9 Å². The van der Waals surface area contributed by atoms with Crippen LogP contribution in [0, 0.1) is 0 Å². The summed E-state index contributed by atoms with van der Waals surface area (Å²) in [5.41, 5.74) is 0. The van der Waals surface area contributed by atoms with Crippen molar-refractivity contribution in [3.8, 4) is 0 Å². The summed E-state index contributed by atoms with van der Waals surface area (Å²) in [6.45, 7) is 0. The second-order valence-electron chi connectivity index (χ2n) is 2.13. The van der Waals surface area contributed by atoms with Crippen molar-refractivity contribution in [3.63, 3.8) is 0 Å². The van der Waals surface area contributed by atoms with Crippen LogP contribution in [0.4, 0.5) is 0 Å². The average molecular weight is 155 g/mol. The van der Waals surface area contributed by atoms with Crippen molar-refractivity contribution in [2.24, 2.45) is 0 Å². The summed E-state index contributed by atoms with van der Waals surface area (Å²) in [6, 6.07) is 0. The second kappa shape index (κ2) is 3.58. The SMILES string of the molecule is C[SH](C)(=O)CC(=O)O.N. The largest absolute Gasteiger partial charge is 0.481 e. The minimum atomic E-state index is -2.32. The van der Waals surface area contributed by atoms with Gasteiger partial charge in [0.05, 0.1) is 5.75 Å². The average Bonchev–Trinajstić information content (AvgIpc) is 1.21. The van der Waals surface area contributed by atoms with E-state index in [1.807, 2.05) is 0 Å². The lowest BCUT2D eigenvalue weighted by Crippen LogP contribution is -2.19. The second-order valence-corrected chi connectivity index (χ2v) is 5.59. The smallest absolute Gasteiger partial charge is 0.314 e. The van der Waals surface area contributed by atoms with E-state index in [4.69, 9.17) is 5.11 Å². The first kappa shape index (κ1) is 11.4. The highest BCUT2D eigenvalue weighted by Gasteiger charge is 2.05. The molecule has 0 aliphatic carbocycles. The lowest BCUT2D eigenvalue weighted by molar-refractivity contribution is -0.134. The van der Waals surface area contributed by atoms with Crippen LogP contribution in [-0.2, 0) is 14.7 Å². The van der Waals surface area contributed by atoms with Gasteiger partial charge in [-0.2, -0.15) is 0 Å². The molecule has 0 fully saturated rings. The van der Waals surface area contributed by atoms with Crippen molar-refractivity contribution in [3.05, 3.63) is 0 Å². The molecule has 0 aromatic heterocycles. The maximum Gasteiger partial charge on any atom is 0.314 e. The van der Waals surface area contributed by atoms with Crippen LogP contribution in [0.2, 0.25) is 0 Å². The molecule has 0 aromatic carbocycles. The molecule has 0 bridgehead atoms. The van der Waals surface area contributed by atoms with E-state index in [1.165, 1.54) is 12.5 Å². The molecule has 0 amide bonds. The van der Waals surface area contributed by atoms with Crippen LogP contribution in [0.5, 0.6) is 0 Å². The molecule has 0 aliphatic rings. The number of aliphatic carboxylic acids is 1. The zero-order valence-electron chi connectivity index (χ0n) is 5.63. The Balaban J connectivity index is 0. The van der Waals surface area contributed by atoms with E-state index in [2.05, 4.69) is 0 Å². The summed E-state index contributed by atoms with van der Waals surface area (Å²) in [6.07, 6.45) is 2.92. The van der Waals surface area contributed by atoms with Gasteiger partial charge in [-0.15, -0.1) is 0 Å². The first-order valence-corrected chi connectivity index (χ1v) is 4.96. The fourth-order valence-electron chi connectivity index (χ4n) is 0.326. The zero-order valence-corrected chi connectivity index (χ0v) is 6.52. The first-order chi connectivity index (χ1) is 3.42. The predicted octanol–water partition coefficient (Wildman–Crippen LogP) is -0.491. The third-order valence-electron chi connectivity index (χ3n) is 0.516. The molecule has 0 saturated heterocycles. The van der Waals surface area contributed by atoms with Crippen LogP contribution in [-0.4, -0.2) is 33.5 Å². The molecule has 0 saturated carbocycles. The summed E-state index contributed by atoms with van der Waals surface area (Å²) >= 11 is 0. The van der Waals surface area contributed by atoms with Gasteiger partial charge in [-0.1, -0.05) is 9.93 Å². The van der Waals surface area contributed by atoms with Crippen molar-refractivity contribution in [1.29, 1.82) is 0 Å². The molecule has 0 heterocycles. The topological polar surface area (TPSA) is 89.4 Å². The molecule has 5 heteroatoms. The Morgan fingerprint density at radius 2 is 1.89 bits per heavy atom. The number of thiol groups is 1. The quantitative estimate of drug-likeness (QED) is 0.469. The van der Waals surface area contributed by atoms with Gasteiger partial charge < -0.3 is 11.3 Å². The summed E-state index contributed by atoms with van der Waals surface area (Å²) in [7, 11) is -2.32. The molecule has 0 rings (SSSR count). The molecule has 58 valence electrons. The van der Waals surface area contributed by atoms with Gasteiger partial charge in [-0.05, 0) is 12.5 Å². The van der Waals surface area contributed by atoms with Crippen LogP contribution < -0.4 is 6.15 Å². The molecular weight excluding hydrogens is 142 g/mol. The van der Waals surface area contributed by atoms with Gasteiger partial charge in [-0.3, -0.25) is 9.00 Å². The standard InChI is InChI=1S/C4H10O3S.H3N/c1-8(2,7)3-4(5)6;/h8H,3H2,1-2H3,(H,5,6);1H3. The van der Waals surface area contributed by atoms with E-state index >= 15 is 0 Å². The lowest BCUT2D eigenvalue weighted by atomic mass is 10.8. The highest BCUT2D eigenvalue weighted by atomic mass is 32.2. The molecule has 4 nitrogen and oxygen atoms in total. The Morgan fingerprint density at radius 3 is 1.89 bits per heavy atom. The van der Waals surface area contributed by atoms with Crippen molar-refractivity contribution >= 4 is 15.9 Å². The molecule has 0 spiro atoms. The third kappa shape index (κ3) is 11.3. The fraction of sp³-hybridized carbons (Fsp3) is 0.750. The summed E-state index contributed by atoms with van der Waals surface area (Å²) in [5.74, 6) is -1.19. The summed E-state index contributed by atoms with van der Waals surface area (Å²) < 4.78 is 10.6. The number of carboxylic acid groups (broad SMARTS) is 1. The van der Waals surface area contributed by atoms with E-state index in [0.717, 1.165) is 0 Å². The minimum absolute atomic E-state index is 0. The Labute approximate surface area is 55.3 Å². The highest BCUT2D eigenvalue weighted by Crippen LogP contribution is 1.89. The maximum absolute atomic E-state index is 10.6. The van der Waals surface area contributed by atoms with Gasteiger partial charge in [0.25, 0.3) is 0 Å². The van der Waals surface area contributed by atoms with Crippen LogP contribution in [0.25, 0.3) is 0 Å². The molecule has 9 heavy (non-hydrogen) atoms. The van der Waals surface area contributed by atoms with Crippen LogP contribution in [0.3, 0.4) is 0 Å². The highest BCUT2D eigenvalue weighted by molar-refractivity contribution is 8.02. The van der Waals surface area contributed by atoms with Crippen LogP contribution in [0.1, 0.15) is 0 Å². The van der Waals surface area contributed by atoms with Gasteiger partial charge >= 0.3 is 5.97 Å². The lowest BCUT2D eigenvalue weighted by Gasteiger charge is -2.05. The predicted molar refractivity (Wildman–Crippen MR) is 38.9 cm³/mol. The first-order valence-electron chi connectivity index (χ1n) is 2.17. The molecular formula is C4H13NO3S. The Morgan fingerprint density at radius 1 is 1.56 bits per heavy atom. The molecule has 0 aliphatic heterocycles. The normalized spacial score (nSPS) is 11.8. The molecule has 4 N–H and O–H groups in total. The van der Waals surface area contributed by atoms with E-state index in [0.29, 0.717) is 0 Å². The maximum atomic E-state index is 10.6. The molecule has 0 unspecified atom stereocenters. The Bertz CT molecular complexity index is 139. The van der Waals surface area contributed by atoms with Gasteiger partial charge in [0, 0.05) is 0 Å². The Kier molecular flexibility index (Phi) is 4.52. The Hall–Kier alpha value is -0.420. The van der Waals surface area contributed by atoms with E-state index in [1.54, 1.807) is 0 Å². The van der Waals surface area contributed by atoms with Gasteiger partial charge in [0.15, 0.2) is 0 Å². The van der Waals surface area contributed by atoms with Crippen LogP contribution in [0.15, 0.2) is 0 Å². The van der Waals surface area contributed by atoms with Gasteiger partial charge in [-0.25, -0.2) is 0 Å². The zero-order chi connectivity index (χ0) is 6.78. The number of carbonyl (C=O) groups is 1. The van der Waals surface area contributed by atoms with Gasteiger partial charge in [0.1, 0.15) is 0 Å². The summed E-state index contributed by atoms with van der Waals surface area (Å²) in [5, 5.41) is 8.08. The minimum Gasteiger partial charge on any atom is -0.481 e. The van der Waals surface area contributed by atoms with Crippen molar-refractivity contribution in [2.75, 3.05) is 18.3 Å². The number of hydrogen-bond acceptors (Lipinski definition) is 3. The molecule has 0 aromatic rings. The number of hydrogen-bond donors (Lipinski definition) is 3. The molecule has 0 radical (unpaired) electrons. The van der Waals surface area contributed by atoms with Crippen molar-refractivity contribution in [1.82, 2.24) is 6.15 Å². The van der Waals surface area contributed by atoms with Gasteiger partial charge in [0.2, 0.25) is 0 Å². The monoisotopic (exact) mass is 155 g/mol. The van der Waals surface area contributed by atoms with Crippen LogP contribution >= 0.6 is 0 Å². The van der Waals surface area contributed by atoms with Crippen molar-refractivity contribution in [2.45, 2.75) is 0 Å². The number of carboxylic acids is 1. The van der Waals surface area contributed by atoms with Crippen molar-refractivity contribution < 1.29 is 14.1 Å². The summed E-state index contributed by atoms with van der Waals surface area (Å²) in [4.78, 5) is 9.84. The van der Waals surface area contributed by atoms with E-state index in [-0.39, 0.29) is 11.9 Å².